The van der Waals surface area contributed by atoms with E-state index in [-0.39, 0.29) is 5.78 Å². The van der Waals surface area contributed by atoms with Crippen molar-refractivity contribution in [3.63, 3.8) is 0 Å². The van der Waals surface area contributed by atoms with Crippen LogP contribution >= 0.6 is 0 Å². The van der Waals surface area contributed by atoms with Gasteiger partial charge in [-0.05, 0) is 43.6 Å². The Morgan fingerprint density at radius 2 is 2.15 bits per heavy atom. The number of furan rings is 1. The Hall–Kier alpha value is -1.89. The second-order valence-electron chi connectivity index (χ2n) is 7.05. The summed E-state index contributed by atoms with van der Waals surface area (Å²) in [5.74, 6) is 0.890. The predicted octanol–water partition coefficient (Wildman–Crippen LogP) is 2.60. The highest BCUT2D eigenvalue weighted by Gasteiger charge is 2.27. The number of Topliss-reactive ketones (excluding diaryl/α,β-unsaturated/α-hetero) is 1. The van der Waals surface area contributed by atoms with E-state index in [0.717, 1.165) is 31.6 Å². The molecule has 1 aromatic carbocycles. The fraction of sp³-hybridized carbons (Fsp3) is 0.550. The summed E-state index contributed by atoms with van der Waals surface area (Å²) >= 11 is 0. The van der Waals surface area contributed by atoms with Crippen molar-refractivity contribution in [3.8, 4) is 5.75 Å². The molecule has 6 nitrogen and oxygen atoms in total. The van der Waals surface area contributed by atoms with Gasteiger partial charge in [0.05, 0.1) is 13.7 Å². The molecule has 0 bridgehead atoms. The molecule has 0 saturated carbocycles. The molecular formula is C20H26N2O4. The van der Waals surface area contributed by atoms with Crippen LogP contribution in [0.25, 0.3) is 11.0 Å². The number of methoxy groups -OCH3 is 1. The summed E-state index contributed by atoms with van der Waals surface area (Å²) in [5.41, 5.74) is 1.82. The Morgan fingerprint density at radius 1 is 1.31 bits per heavy atom. The summed E-state index contributed by atoms with van der Waals surface area (Å²) in [5, 5.41) is 4.15. The van der Waals surface area contributed by atoms with Crippen LogP contribution in [0.1, 0.15) is 35.4 Å². The van der Waals surface area contributed by atoms with Gasteiger partial charge in [-0.25, -0.2) is 0 Å². The zero-order chi connectivity index (χ0) is 17.9. The van der Waals surface area contributed by atoms with E-state index in [0.29, 0.717) is 30.2 Å². The highest BCUT2D eigenvalue weighted by molar-refractivity contribution is 6.02. The lowest BCUT2D eigenvalue weighted by Gasteiger charge is -2.26. The van der Waals surface area contributed by atoms with Crippen molar-refractivity contribution in [1.29, 1.82) is 0 Å². The molecule has 2 fully saturated rings. The summed E-state index contributed by atoms with van der Waals surface area (Å²) < 4.78 is 17.0. The number of fused-ring (bicyclic) bond motifs is 1. The van der Waals surface area contributed by atoms with E-state index in [1.165, 1.54) is 24.8 Å². The molecule has 0 spiro atoms. The number of carbonyl (C=O) groups is 1. The zero-order valence-corrected chi connectivity index (χ0v) is 15.3. The van der Waals surface area contributed by atoms with Gasteiger partial charge in [0.1, 0.15) is 6.10 Å². The van der Waals surface area contributed by atoms with Crippen molar-refractivity contribution in [2.45, 2.75) is 31.9 Å². The van der Waals surface area contributed by atoms with Gasteiger partial charge in [-0.2, -0.15) is 0 Å². The van der Waals surface area contributed by atoms with Crippen LogP contribution in [0.2, 0.25) is 0 Å². The highest BCUT2D eigenvalue weighted by atomic mass is 16.5. The van der Waals surface area contributed by atoms with Gasteiger partial charge in [0.2, 0.25) is 5.78 Å². The molecule has 2 aliphatic heterocycles. The smallest absolute Gasteiger partial charge is 0.227 e. The number of nitrogens with zero attached hydrogens (tertiary/aromatic N) is 1. The van der Waals surface area contributed by atoms with Gasteiger partial charge in [0.25, 0.3) is 0 Å². The van der Waals surface area contributed by atoms with E-state index in [2.05, 4.69) is 16.3 Å². The van der Waals surface area contributed by atoms with Crippen LogP contribution in [0.4, 0.5) is 0 Å². The monoisotopic (exact) mass is 358 g/mol. The number of rotatable bonds is 5. The quantitative estimate of drug-likeness (QED) is 0.829. The molecule has 0 radical (unpaired) electrons. The van der Waals surface area contributed by atoms with E-state index in [9.17, 15) is 4.79 Å². The summed E-state index contributed by atoms with van der Waals surface area (Å²) in [4.78, 5) is 15.2. The minimum absolute atomic E-state index is 0.112. The van der Waals surface area contributed by atoms with E-state index in [4.69, 9.17) is 13.9 Å². The van der Waals surface area contributed by atoms with Crippen molar-refractivity contribution >= 4 is 16.8 Å². The predicted molar refractivity (Wildman–Crippen MR) is 98.8 cm³/mol. The van der Waals surface area contributed by atoms with Crippen molar-refractivity contribution in [1.82, 2.24) is 10.2 Å². The van der Waals surface area contributed by atoms with Crippen molar-refractivity contribution in [2.24, 2.45) is 0 Å². The van der Waals surface area contributed by atoms with Crippen molar-refractivity contribution < 1.29 is 18.7 Å². The third-order valence-corrected chi connectivity index (χ3v) is 5.26. The average molecular weight is 358 g/mol. The molecular weight excluding hydrogens is 332 g/mol. The fourth-order valence-electron chi connectivity index (χ4n) is 3.83. The largest absolute Gasteiger partial charge is 0.493 e. The molecule has 1 N–H and O–H groups in total. The van der Waals surface area contributed by atoms with Crippen molar-refractivity contribution in [3.05, 3.63) is 29.5 Å². The number of benzene rings is 1. The minimum Gasteiger partial charge on any atom is -0.493 e. The van der Waals surface area contributed by atoms with Gasteiger partial charge in [-0.15, -0.1) is 0 Å². The van der Waals surface area contributed by atoms with Gasteiger partial charge in [-0.3, -0.25) is 9.69 Å². The maximum Gasteiger partial charge on any atom is 0.227 e. The van der Waals surface area contributed by atoms with Crippen LogP contribution in [0, 0.1) is 0 Å². The molecule has 140 valence electrons. The molecule has 4 rings (SSSR count). The van der Waals surface area contributed by atoms with E-state index < -0.39 is 6.10 Å². The molecule has 2 saturated heterocycles. The number of ether oxygens (including phenoxy) is 2. The summed E-state index contributed by atoms with van der Waals surface area (Å²) in [6.07, 6.45) is 3.33. The van der Waals surface area contributed by atoms with E-state index in [1.54, 1.807) is 7.11 Å². The number of morpholine rings is 1. The first kappa shape index (κ1) is 17.5. The van der Waals surface area contributed by atoms with Gasteiger partial charge >= 0.3 is 0 Å². The molecule has 6 heteroatoms. The molecule has 0 aliphatic carbocycles. The van der Waals surface area contributed by atoms with Crippen LogP contribution < -0.4 is 10.1 Å². The minimum atomic E-state index is -0.485. The van der Waals surface area contributed by atoms with Gasteiger partial charge < -0.3 is 19.2 Å². The third-order valence-electron chi connectivity index (χ3n) is 5.26. The lowest BCUT2D eigenvalue weighted by atomic mass is 10.1. The number of nitrogens with one attached hydrogen (secondary N) is 1. The topological polar surface area (TPSA) is 63.9 Å². The maximum atomic E-state index is 12.8. The Bertz CT molecular complexity index is 773. The third kappa shape index (κ3) is 3.49. The number of hydrogen-bond acceptors (Lipinski definition) is 6. The van der Waals surface area contributed by atoms with Crippen LogP contribution in [0.15, 0.2) is 22.6 Å². The first-order chi connectivity index (χ1) is 12.8. The maximum absolute atomic E-state index is 12.8. The number of ketones is 1. The molecule has 1 aromatic heterocycles. The number of likely N-dealkylation sites (tertiary alicyclic amines) is 1. The Balaban J connectivity index is 1.65. The number of hydrogen-bond donors (Lipinski definition) is 1. The second-order valence-corrected chi connectivity index (χ2v) is 7.05. The lowest BCUT2D eigenvalue weighted by Crippen LogP contribution is -2.43. The van der Waals surface area contributed by atoms with E-state index >= 15 is 0 Å². The second kappa shape index (κ2) is 7.78. The van der Waals surface area contributed by atoms with E-state index in [1.807, 2.05) is 12.1 Å². The van der Waals surface area contributed by atoms with Crippen LogP contribution in [-0.2, 0) is 11.3 Å². The van der Waals surface area contributed by atoms with Crippen LogP contribution in [0.3, 0.4) is 0 Å². The number of carbonyl (C=O) groups excluding carboxylic acids is 1. The molecule has 1 atom stereocenters. The SMILES string of the molecule is COc1ccc(CN2CCCCC2)c2cc(C(=O)C3CNCCO3)oc12. The normalized spacial score (nSPS) is 21.8. The molecule has 2 aromatic rings. The number of piperidine rings is 1. The van der Waals surface area contributed by atoms with Gasteiger partial charge in [-0.1, -0.05) is 12.5 Å². The Kier molecular flexibility index (Phi) is 5.24. The first-order valence-electron chi connectivity index (χ1n) is 9.44. The fourth-order valence-corrected chi connectivity index (χ4v) is 3.83. The summed E-state index contributed by atoms with van der Waals surface area (Å²) in [6, 6.07) is 5.87. The lowest BCUT2D eigenvalue weighted by molar-refractivity contribution is 0.0251. The van der Waals surface area contributed by atoms with Gasteiger partial charge in [0, 0.05) is 25.0 Å². The molecule has 2 aliphatic rings. The summed E-state index contributed by atoms with van der Waals surface area (Å²) in [7, 11) is 1.62. The van der Waals surface area contributed by atoms with Crippen molar-refractivity contribution in [2.75, 3.05) is 39.9 Å². The zero-order valence-electron chi connectivity index (χ0n) is 15.3. The Morgan fingerprint density at radius 3 is 2.88 bits per heavy atom. The summed E-state index contributed by atoms with van der Waals surface area (Å²) in [6.45, 7) is 4.96. The molecule has 3 heterocycles. The first-order valence-corrected chi connectivity index (χ1v) is 9.44. The molecule has 26 heavy (non-hydrogen) atoms. The van der Waals surface area contributed by atoms with Crippen LogP contribution in [-0.4, -0.2) is 56.7 Å². The average Bonchev–Trinajstić information content (AvgIpc) is 3.15. The van der Waals surface area contributed by atoms with Crippen LogP contribution in [0.5, 0.6) is 5.75 Å². The van der Waals surface area contributed by atoms with Gasteiger partial charge in [0.15, 0.2) is 17.1 Å². The standard InChI is InChI=1S/C20H26N2O4/c1-24-16-6-5-14(13-22-8-3-2-4-9-22)15-11-17(26-20(15)16)19(23)18-12-21-7-10-25-18/h5-6,11,18,21H,2-4,7-10,12-13H2,1H3. The molecule has 0 amide bonds. The Labute approximate surface area is 153 Å². The molecule has 1 unspecified atom stereocenters. The highest BCUT2D eigenvalue weighted by Crippen LogP contribution is 2.33.